The van der Waals surface area contributed by atoms with E-state index < -0.39 is 74.6 Å². The van der Waals surface area contributed by atoms with Crippen molar-refractivity contribution < 1.29 is 54.7 Å². The van der Waals surface area contributed by atoms with Crippen LogP contribution < -0.4 is 0 Å². The summed E-state index contributed by atoms with van der Waals surface area (Å²) in [5.74, 6) is 0.331. The van der Waals surface area contributed by atoms with Crippen molar-refractivity contribution in [3.63, 3.8) is 0 Å². The van der Waals surface area contributed by atoms with Gasteiger partial charge in [-0.2, -0.15) is 0 Å². The molecule has 2 saturated heterocycles. The molecule has 0 amide bonds. The van der Waals surface area contributed by atoms with Gasteiger partial charge in [0.05, 0.1) is 19.8 Å². The molecule has 2 heterocycles. The van der Waals surface area contributed by atoms with Crippen LogP contribution in [0.5, 0.6) is 0 Å². The molecular formula is C17H32O11. The second-order valence-corrected chi connectivity index (χ2v) is 7.56. The Labute approximate surface area is 163 Å². The Kier molecular flexibility index (Phi) is 8.98. The van der Waals surface area contributed by atoms with Crippen molar-refractivity contribution in [2.75, 3.05) is 19.8 Å². The summed E-state index contributed by atoms with van der Waals surface area (Å²) in [7, 11) is 0. The Hall–Kier alpha value is -0.440. The lowest BCUT2D eigenvalue weighted by molar-refractivity contribution is -0.367. The summed E-state index contributed by atoms with van der Waals surface area (Å²) in [5.41, 5.74) is 0. The van der Waals surface area contributed by atoms with Crippen LogP contribution in [-0.4, -0.2) is 117 Å². The Bertz CT molecular complexity index is 462. The molecule has 11 nitrogen and oxygen atoms in total. The number of rotatable bonds is 8. The minimum Gasteiger partial charge on any atom is -0.394 e. The molecule has 2 fully saturated rings. The summed E-state index contributed by atoms with van der Waals surface area (Å²) in [6.45, 7) is 3.02. The molecule has 0 spiro atoms. The first-order chi connectivity index (χ1) is 13.2. The first-order valence-corrected chi connectivity index (χ1v) is 9.41. The fourth-order valence-corrected chi connectivity index (χ4v) is 3.09. The van der Waals surface area contributed by atoms with E-state index >= 15 is 0 Å². The zero-order chi connectivity index (χ0) is 21.0. The number of aliphatic hydroxyl groups excluding tert-OH is 7. The quantitative estimate of drug-likeness (QED) is 0.212. The second-order valence-electron chi connectivity index (χ2n) is 7.56. The highest BCUT2D eigenvalue weighted by Gasteiger charge is 2.50. The van der Waals surface area contributed by atoms with Gasteiger partial charge in [-0.3, -0.25) is 0 Å². The summed E-state index contributed by atoms with van der Waals surface area (Å²) in [6.07, 6.45) is -13.6. The maximum Gasteiger partial charge on any atom is 0.187 e. The van der Waals surface area contributed by atoms with Crippen LogP contribution in [0.15, 0.2) is 0 Å². The molecule has 7 N–H and O–H groups in total. The van der Waals surface area contributed by atoms with Crippen molar-refractivity contribution in [3.8, 4) is 0 Å². The lowest BCUT2D eigenvalue weighted by atomic mass is 9.97. The third-order valence-corrected chi connectivity index (χ3v) is 4.94. The minimum atomic E-state index is -1.69. The average molecular weight is 412 g/mol. The smallest absolute Gasteiger partial charge is 0.187 e. The molecule has 28 heavy (non-hydrogen) atoms. The van der Waals surface area contributed by atoms with Crippen LogP contribution in [-0.2, 0) is 18.9 Å². The van der Waals surface area contributed by atoms with Crippen LogP contribution in [0.2, 0.25) is 0 Å². The molecule has 2 aliphatic heterocycles. The number of aliphatic hydroxyl groups is 7. The summed E-state index contributed by atoms with van der Waals surface area (Å²) in [4.78, 5) is 0. The fourth-order valence-electron chi connectivity index (χ4n) is 3.09. The van der Waals surface area contributed by atoms with E-state index in [1.807, 2.05) is 13.8 Å². The van der Waals surface area contributed by atoms with E-state index in [-0.39, 0.29) is 6.61 Å². The van der Waals surface area contributed by atoms with Gasteiger partial charge in [-0.15, -0.1) is 0 Å². The number of ether oxygens (including phenoxy) is 4. The van der Waals surface area contributed by atoms with Gasteiger partial charge in [0.2, 0.25) is 0 Å². The van der Waals surface area contributed by atoms with Gasteiger partial charge in [0.25, 0.3) is 0 Å². The van der Waals surface area contributed by atoms with E-state index in [4.69, 9.17) is 18.9 Å². The summed E-state index contributed by atoms with van der Waals surface area (Å²) >= 11 is 0. The largest absolute Gasteiger partial charge is 0.394 e. The van der Waals surface area contributed by atoms with Gasteiger partial charge in [0.15, 0.2) is 12.6 Å². The predicted molar refractivity (Wildman–Crippen MR) is 91.8 cm³/mol. The minimum absolute atomic E-state index is 0.248. The molecule has 0 saturated carbocycles. The van der Waals surface area contributed by atoms with Gasteiger partial charge >= 0.3 is 0 Å². The Morgan fingerprint density at radius 3 is 1.82 bits per heavy atom. The monoisotopic (exact) mass is 412 g/mol. The number of hydrogen-bond acceptors (Lipinski definition) is 11. The highest BCUT2D eigenvalue weighted by Crippen LogP contribution is 2.29. The standard InChI is InChI=1S/C17H32O11/c1-7(2)3-4-25-17-15(13(23)11(21)9(6-19)27-17)28-16-14(24)12(22)10(20)8(5-18)26-16/h7-24H,3-6H2,1-2H3/t8-,9-,10-,11-,12+,13+,14-,15-,16+,17-/m1/s1. The normalized spacial score (nSPS) is 44.8. The van der Waals surface area contributed by atoms with Crippen LogP contribution in [0.4, 0.5) is 0 Å². The second kappa shape index (κ2) is 10.5. The molecule has 166 valence electrons. The van der Waals surface area contributed by atoms with Crippen molar-refractivity contribution in [2.24, 2.45) is 5.92 Å². The molecule has 0 aromatic heterocycles. The molecule has 11 heteroatoms. The Balaban J connectivity index is 2.13. The van der Waals surface area contributed by atoms with Crippen molar-refractivity contribution in [1.29, 1.82) is 0 Å². The van der Waals surface area contributed by atoms with Gasteiger partial charge in [0.1, 0.15) is 48.8 Å². The predicted octanol–water partition coefficient (Wildman–Crippen LogP) is -3.33. The van der Waals surface area contributed by atoms with E-state index in [1.165, 1.54) is 0 Å². The van der Waals surface area contributed by atoms with E-state index in [0.29, 0.717) is 12.3 Å². The SMILES string of the molecule is CC(C)CCO[C@@H]1O[C@H](CO)[C@@H](O)[C@H](O)[C@H]1O[C@@H]1O[C@H](CO)[C@@H](O)[C@H](O)[C@H]1O. The van der Waals surface area contributed by atoms with Crippen molar-refractivity contribution in [3.05, 3.63) is 0 Å². The third kappa shape index (κ3) is 5.37. The molecule has 0 unspecified atom stereocenters. The molecule has 10 atom stereocenters. The van der Waals surface area contributed by atoms with Crippen LogP contribution >= 0.6 is 0 Å². The molecule has 0 radical (unpaired) electrons. The van der Waals surface area contributed by atoms with Crippen LogP contribution in [0.3, 0.4) is 0 Å². The van der Waals surface area contributed by atoms with Gasteiger partial charge < -0.3 is 54.7 Å². The highest BCUT2D eigenvalue weighted by atomic mass is 16.8. The van der Waals surface area contributed by atoms with Gasteiger partial charge in [-0.25, -0.2) is 0 Å². The molecular weight excluding hydrogens is 380 g/mol. The van der Waals surface area contributed by atoms with Gasteiger partial charge in [-0.05, 0) is 12.3 Å². The molecule has 0 aromatic rings. The van der Waals surface area contributed by atoms with Crippen molar-refractivity contribution in [2.45, 2.75) is 81.7 Å². The topological polar surface area (TPSA) is 179 Å². The van der Waals surface area contributed by atoms with E-state index in [0.717, 1.165) is 0 Å². The van der Waals surface area contributed by atoms with Gasteiger partial charge in [-0.1, -0.05) is 13.8 Å². The average Bonchev–Trinajstić information content (AvgIpc) is 2.66. The van der Waals surface area contributed by atoms with E-state index in [2.05, 4.69) is 0 Å². The maximum absolute atomic E-state index is 10.4. The van der Waals surface area contributed by atoms with E-state index in [1.54, 1.807) is 0 Å². The lowest BCUT2D eigenvalue weighted by Crippen LogP contribution is -2.64. The Morgan fingerprint density at radius 1 is 0.750 bits per heavy atom. The molecule has 2 aliphatic rings. The molecule has 0 bridgehead atoms. The summed E-state index contributed by atoms with van der Waals surface area (Å²) < 4.78 is 21.9. The van der Waals surface area contributed by atoms with Crippen molar-refractivity contribution in [1.82, 2.24) is 0 Å². The fraction of sp³-hybridized carbons (Fsp3) is 1.00. The zero-order valence-electron chi connectivity index (χ0n) is 15.9. The third-order valence-electron chi connectivity index (χ3n) is 4.94. The zero-order valence-corrected chi connectivity index (χ0v) is 15.9. The van der Waals surface area contributed by atoms with Gasteiger partial charge in [0, 0.05) is 0 Å². The first-order valence-electron chi connectivity index (χ1n) is 9.41. The molecule has 0 aromatic carbocycles. The highest BCUT2D eigenvalue weighted by molar-refractivity contribution is 4.93. The first kappa shape index (κ1) is 23.8. The van der Waals surface area contributed by atoms with Crippen LogP contribution in [0.1, 0.15) is 20.3 Å². The molecule has 0 aliphatic carbocycles. The lowest BCUT2D eigenvalue weighted by Gasteiger charge is -2.46. The number of hydrogen-bond donors (Lipinski definition) is 7. The maximum atomic E-state index is 10.4. The Morgan fingerprint density at radius 2 is 1.29 bits per heavy atom. The molecule has 2 rings (SSSR count). The summed E-state index contributed by atoms with van der Waals surface area (Å²) in [5, 5.41) is 69.0. The van der Waals surface area contributed by atoms with E-state index in [9.17, 15) is 35.7 Å². The summed E-state index contributed by atoms with van der Waals surface area (Å²) in [6, 6.07) is 0. The van der Waals surface area contributed by atoms with Crippen molar-refractivity contribution >= 4 is 0 Å². The van der Waals surface area contributed by atoms with Crippen LogP contribution in [0.25, 0.3) is 0 Å². The van der Waals surface area contributed by atoms with Crippen LogP contribution in [0, 0.1) is 5.92 Å².